The zero-order chi connectivity index (χ0) is 23.5. The fourth-order valence-electron chi connectivity index (χ4n) is 3.47. The van der Waals surface area contributed by atoms with Gasteiger partial charge in [-0.1, -0.05) is 79.9 Å². The number of ketones is 1. The van der Waals surface area contributed by atoms with Crippen LogP contribution in [-0.4, -0.2) is 24.5 Å². The molecule has 3 aromatic carbocycles. The molecule has 0 heterocycles. The smallest absolute Gasteiger partial charge is 0.345 e. The number of oxime groups is 1. The summed E-state index contributed by atoms with van der Waals surface area (Å²) in [4.78, 5) is 32.8. The van der Waals surface area contributed by atoms with Gasteiger partial charge in [0.25, 0.3) is 0 Å². The highest BCUT2D eigenvalue weighted by atomic mass is 16.7. The van der Waals surface area contributed by atoms with Crippen LogP contribution in [0, 0.1) is 0 Å². The lowest BCUT2D eigenvalue weighted by Crippen LogP contribution is -2.17. The van der Waals surface area contributed by atoms with Crippen LogP contribution in [0.1, 0.15) is 59.7 Å². The van der Waals surface area contributed by atoms with Crippen LogP contribution in [-0.2, 0) is 4.84 Å². The number of carbonyl (C=O) groups is 2. The first-order valence-corrected chi connectivity index (χ1v) is 11.4. The lowest BCUT2D eigenvalue weighted by atomic mass is 10.0. The topological polar surface area (TPSA) is 59.0 Å². The average molecular weight is 443 g/mol. The van der Waals surface area contributed by atoms with Crippen molar-refractivity contribution < 1.29 is 14.4 Å². The summed E-state index contributed by atoms with van der Waals surface area (Å²) in [5, 5.41) is 4.01. The molecule has 170 valence electrons. The summed E-state index contributed by atoms with van der Waals surface area (Å²) in [5.74, 6) is -0.803. The molecule has 0 spiro atoms. The van der Waals surface area contributed by atoms with Gasteiger partial charge < -0.3 is 9.74 Å². The van der Waals surface area contributed by atoms with E-state index < -0.39 is 5.97 Å². The molecule has 0 radical (unpaired) electrons. The van der Waals surface area contributed by atoms with Gasteiger partial charge in [-0.25, -0.2) is 4.79 Å². The summed E-state index contributed by atoms with van der Waals surface area (Å²) in [6.45, 7) is 2.14. The molecule has 0 aliphatic heterocycles. The van der Waals surface area contributed by atoms with Crippen LogP contribution in [0.5, 0.6) is 0 Å². The van der Waals surface area contributed by atoms with Crippen molar-refractivity contribution in [3.63, 3.8) is 0 Å². The second-order valence-electron chi connectivity index (χ2n) is 7.87. The van der Waals surface area contributed by atoms with Crippen LogP contribution in [0.4, 0.5) is 11.4 Å². The number of anilines is 2. The molecule has 0 saturated heterocycles. The molecule has 0 aliphatic carbocycles. The van der Waals surface area contributed by atoms with Crippen molar-refractivity contribution >= 4 is 28.8 Å². The van der Waals surface area contributed by atoms with Gasteiger partial charge in [-0.15, -0.1) is 0 Å². The Bertz CT molecular complexity index is 1080. The van der Waals surface area contributed by atoms with Crippen molar-refractivity contribution in [1.29, 1.82) is 0 Å². The first-order chi connectivity index (χ1) is 16.1. The van der Waals surface area contributed by atoms with Gasteiger partial charge in [0.05, 0.1) is 5.56 Å². The predicted molar refractivity (Wildman–Crippen MR) is 133 cm³/mol. The number of nitrogens with zero attached hydrogens (tertiary/aromatic N) is 2. The van der Waals surface area contributed by atoms with E-state index in [1.54, 1.807) is 30.3 Å². The summed E-state index contributed by atoms with van der Waals surface area (Å²) in [6.07, 6.45) is 4.44. The molecule has 0 aliphatic rings. The van der Waals surface area contributed by atoms with E-state index in [0.29, 0.717) is 17.5 Å². The van der Waals surface area contributed by atoms with Crippen LogP contribution in [0.15, 0.2) is 90.1 Å². The molecule has 0 bridgehead atoms. The number of hydrogen-bond acceptors (Lipinski definition) is 5. The Kier molecular flexibility index (Phi) is 8.95. The number of hydrogen-bond donors (Lipinski definition) is 0. The molecule has 0 amide bonds. The first-order valence-electron chi connectivity index (χ1n) is 11.4. The lowest BCUT2D eigenvalue weighted by Gasteiger charge is -2.20. The number of rotatable bonds is 11. The monoisotopic (exact) mass is 442 g/mol. The Labute approximate surface area is 195 Å². The zero-order valence-corrected chi connectivity index (χ0v) is 19.2. The number of carbonyl (C=O) groups excluding carboxylic acids is 2. The van der Waals surface area contributed by atoms with Gasteiger partial charge in [0.1, 0.15) is 5.71 Å². The summed E-state index contributed by atoms with van der Waals surface area (Å²) < 4.78 is 0. The Morgan fingerprint density at radius 1 is 0.788 bits per heavy atom. The van der Waals surface area contributed by atoms with Crippen LogP contribution in [0.25, 0.3) is 0 Å². The molecular weight excluding hydrogens is 412 g/mol. The largest absolute Gasteiger partial charge is 0.365 e. The highest BCUT2D eigenvalue weighted by molar-refractivity contribution is 6.46. The van der Waals surface area contributed by atoms with Crippen molar-refractivity contribution in [2.75, 3.05) is 11.9 Å². The van der Waals surface area contributed by atoms with E-state index in [-0.39, 0.29) is 11.5 Å². The van der Waals surface area contributed by atoms with Gasteiger partial charge in [0, 0.05) is 24.0 Å². The Morgan fingerprint density at radius 3 is 2.12 bits per heavy atom. The van der Waals surface area contributed by atoms with Gasteiger partial charge in [-0.2, -0.15) is 0 Å². The van der Waals surface area contributed by atoms with Gasteiger partial charge in [0.15, 0.2) is 0 Å². The second-order valence-corrected chi connectivity index (χ2v) is 7.87. The predicted octanol–water partition coefficient (Wildman–Crippen LogP) is 6.82. The molecule has 0 N–H and O–H groups in total. The van der Waals surface area contributed by atoms with Gasteiger partial charge in [-0.3, -0.25) is 4.79 Å². The first kappa shape index (κ1) is 23.9. The Morgan fingerprint density at radius 2 is 1.42 bits per heavy atom. The molecule has 3 aromatic rings. The molecule has 33 heavy (non-hydrogen) atoms. The number of benzene rings is 3. The minimum Gasteiger partial charge on any atom is -0.345 e. The maximum Gasteiger partial charge on any atom is 0.365 e. The molecule has 5 nitrogen and oxygen atoms in total. The van der Waals surface area contributed by atoms with Crippen molar-refractivity contribution in [3.05, 3.63) is 96.1 Å². The van der Waals surface area contributed by atoms with E-state index in [1.807, 2.05) is 66.5 Å². The summed E-state index contributed by atoms with van der Waals surface area (Å²) in [7, 11) is 1.96. The molecule has 3 rings (SSSR count). The second kappa shape index (κ2) is 12.3. The van der Waals surface area contributed by atoms with Crippen molar-refractivity contribution in [3.8, 4) is 0 Å². The fourth-order valence-corrected chi connectivity index (χ4v) is 3.47. The van der Waals surface area contributed by atoms with E-state index in [1.165, 1.54) is 0 Å². The van der Waals surface area contributed by atoms with Crippen molar-refractivity contribution in [1.82, 2.24) is 0 Å². The molecular formula is C28H30N2O3. The molecule has 0 atom stereocenters. The van der Waals surface area contributed by atoms with E-state index in [9.17, 15) is 9.59 Å². The van der Waals surface area contributed by atoms with Crippen LogP contribution in [0.2, 0.25) is 0 Å². The minimum atomic E-state index is -0.577. The van der Waals surface area contributed by atoms with E-state index in [0.717, 1.165) is 37.1 Å². The summed E-state index contributed by atoms with van der Waals surface area (Å²) >= 11 is 0. The van der Waals surface area contributed by atoms with Crippen LogP contribution in [0.3, 0.4) is 0 Å². The zero-order valence-electron chi connectivity index (χ0n) is 19.2. The molecule has 0 aromatic heterocycles. The number of Topliss-reactive ketones (excluding diaryl/α,β-unsaturated/α-hetero) is 1. The quantitative estimate of drug-likeness (QED) is 0.107. The third-order valence-electron chi connectivity index (χ3n) is 5.42. The van der Waals surface area contributed by atoms with Gasteiger partial charge in [-0.05, 0) is 49.2 Å². The maximum absolute atomic E-state index is 13.3. The van der Waals surface area contributed by atoms with Gasteiger partial charge in [0.2, 0.25) is 5.78 Å². The highest BCUT2D eigenvalue weighted by Crippen LogP contribution is 2.24. The molecule has 5 heteroatoms. The average Bonchev–Trinajstić information content (AvgIpc) is 2.88. The van der Waals surface area contributed by atoms with Crippen molar-refractivity contribution in [2.24, 2.45) is 5.16 Å². The molecule has 0 saturated carbocycles. The molecule has 0 unspecified atom stereocenters. The van der Waals surface area contributed by atoms with E-state index in [2.05, 4.69) is 12.1 Å². The lowest BCUT2D eigenvalue weighted by molar-refractivity contribution is 0.0514. The molecule has 0 fully saturated rings. The van der Waals surface area contributed by atoms with Gasteiger partial charge >= 0.3 is 5.97 Å². The third-order valence-corrected chi connectivity index (χ3v) is 5.42. The number of para-hydroxylation sites is 1. The standard InChI is InChI=1S/C28H30N2O3/c1-3-4-5-12-20-26(29-33-28(32)22-14-8-6-9-15-22)27(31)23-16-13-19-25(21-23)30(2)24-17-10-7-11-18-24/h6-11,13-19,21H,3-5,12,20H2,1-2H3/b29-26+. The number of unbranched alkanes of at least 4 members (excludes halogenated alkanes) is 3. The Balaban J connectivity index is 1.80. The van der Waals surface area contributed by atoms with E-state index >= 15 is 0 Å². The highest BCUT2D eigenvalue weighted by Gasteiger charge is 2.18. The maximum atomic E-state index is 13.3. The third kappa shape index (κ3) is 6.88. The SMILES string of the molecule is CCCCCC/C(=N\OC(=O)c1ccccc1)C(=O)c1cccc(N(C)c2ccccc2)c1. The Hall–Kier alpha value is -3.73. The summed E-state index contributed by atoms with van der Waals surface area (Å²) in [6, 6.07) is 26.0. The van der Waals surface area contributed by atoms with E-state index in [4.69, 9.17) is 4.84 Å². The normalized spacial score (nSPS) is 11.2. The minimum absolute atomic E-state index is 0.226. The fraction of sp³-hybridized carbons (Fsp3) is 0.250. The van der Waals surface area contributed by atoms with Crippen molar-refractivity contribution in [2.45, 2.75) is 39.0 Å². The summed E-state index contributed by atoms with van der Waals surface area (Å²) in [5.41, 5.74) is 3.08. The van der Waals surface area contributed by atoms with Crippen LogP contribution >= 0.6 is 0 Å². The van der Waals surface area contributed by atoms with Crippen LogP contribution < -0.4 is 4.90 Å².